The first-order chi connectivity index (χ1) is 8.83. The maximum absolute atomic E-state index is 4.27. The van der Waals surface area contributed by atoms with Crippen molar-refractivity contribution < 1.29 is 0 Å². The number of thiol groups is 1. The second-order valence-corrected chi connectivity index (χ2v) is 5.79. The Labute approximate surface area is 117 Å². The summed E-state index contributed by atoms with van der Waals surface area (Å²) < 4.78 is 0. The fourth-order valence-corrected chi connectivity index (χ4v) is 3.07. The molecule has 0 spiro atoms. The van der Waals surface area contributed by atoms with Crippen LogP contribution in [0.15, 0.2) is 24.3 Å². The summed E-state index contributed by atoms with van der Waals surface area (Å²) in [7, 11) is 0. The lowest BCUT2D eigenvalue weighted by Crippen LogP contribution is -2.37. The van der Waals surface area contributed by atoms with Crippen LogP contribution in [0.3, 0.4) is 0 Å². The molecule has 0 saturated carbocycles. The van der Waals surface area contributed by atoms with Crippen LogP contribution in [0.4, 0.5) is 5.69 Å². The van der Waals surface area contributed by atoms with Crippen LogP contribution in [0.5, 0.6) is 0 Å². The zero-order valence-electron chi connectivity index (χ0n) is 11.4. The van der Waals surface area contributed by atoms with E-state index in [0.717, 1.165) is 5.75 Å². The van der Waals surface area contributed by atoms with Gasteiger partial charge in [-0.1, -0.05) is 31.0 Å². The van der Waals surface area contributed by atoms with E-state index < -0.39 is 0 Å². The molecule has 1 aliphatic heterocycles. The van der Waals surface area contributed by atoms with Gasteiger partial charge < -0.3 is 4.90 Å². The molecular formula is C16H25NS. The molecule has 1 aromatic rings. The molecule has 0 aliphatic carbocycles. The average Bonchev–Trinajstić information content (AvgIpc) is 2.41. The normalized spacial score (nSPS) is 18.8. The zero-order chi connectivity index (χ0) is 12.8. The standard InChI is InChI=1S/C16H25NS/c1-14-10-11-15-8-4-5-9-16(15)17(14)12-6-2-3-7-13-18/h4-5,8-9,14,18H,2-3,6-7,10-13H2,1H3. The van der Waals surface area contributed by atoms with Gasteiger partial charge in [-0.25, -0.2) is 0 Å². The molecule has 0 amide bonds. The molecule has 1 aliphatic rings. The zero-order valence-corrected chi connectivity index (χ0v) is 12.3. The lowest BCUT2D eigenvalue weighted by molar-refractivity contribution is 0.539. The van der Waals surface area contributed by atoms with Crippen molar-refractivity contribution in [1.29, 1.82) is 0 Å². The highest BCUT2D eigenvalue weighted by molar-refractivity contribution is 7.80. The van der Waals surface area contributed by atoms with Crippen molar-refractivity contribution >= 4 is 18.3 Å². The maximum Gasteiger partial charge on any atom is 0.0401 e. The second kappa shape index (κ2) is 7.08. The van der Waals surface area contributed by atoms with E-state index in [2.05, 4.69) is 48.7 Å². The Hall–Kier alpha value is -0.630. The van der Waals surface area contributed by atoms with Gasteiger partial charge in [0.25, 0.3) is 0 Å². The first kappa shape index (κ1) is 13.8. The summed E-state index contributed by atoms with van der Waals surface area (Å²) in [6.45, 7) is 3.58. The van der Waals surface area contributed by atoms with Gasteiger partial charge in [0.1, 0.15) is 0 Å². The smallest absolute Gasteiger partial charge is 0.0401 e. The summed E-state index contributed by atoms with van der Waals surface area (Å²) >= 11 is 4.27. The lowest BCUT2D eigenvalue weighted by Gasteiger charge is -2.37. The first-order valence-electron chi connectivity index (χ1n) is 7.28. The van der Waals surface area contributed by atoms with E-state index in [-0.39, 0.29) is 0 Å². The second-order valence-electron chi connectivity index (χ2n) is 5.35. The van der Waals surface area contributed by atoms with Gasteiger partial charge in [0.2, 0.25) is 0 Å². The van der Waals surface area contributed by atoms with E-state index in [1.807, 2.05) is 0 Å². The number of nitrogens with zero attached hydrogens (tertiary/aromatic N) is 1. The Morgan fingerprint density at radius 3 is 2.78 bits per heavy atom. The summed E-state index contributed by atoms with van der Waals surface area (Å²) in [5, 5.41) is 0. The number of rotatable bonds is 6. The van der Waals surface area contributed by atoms with Crippen LogP contribution in [0, 0.1) is 0 Å². The third kappa shape index (κ3) is 3.44. The molecule has 0 N–H and O–H groups in total. The molecule has 0 aromatic heterocycles. The molecule has 0 fully saturated rings. The Morgan fingerprint density at radius 1 is 1.17 bits per heavy atom. The molecule has 1 aromatic carbocycles. The van der Waals surface area contributed by atoms with Crippen molar-refractivity contribution in [2.45, 2.75) is 51.5 Å². The van der Waals surface area contributed by atoms with Crippen LogP contribution in [0.1, 0.15) is 44.6 Å². The van der Waals surface area contributed by atoms with Crippen LogP contribution < -0.4 is 4.90 Å². The van der Waals surface area contributed by atoms with Crippen molar-refractivity contribution in [3.8, 4) is 0 Å². The number of anilines is 1. The van der Waals surface area contributed by atoms with Crippen molar-refractivity contribution in [3.05, 3.63) is 29.8 Å². The highest BCUT2D eigenvalue weighted by Crippen LogP contribution is 2.30. The Morgan fingerprint density at radius 2 is 1.94 bits per heavy atom. The number of hydrogen-bond donors (Lipinski definition) is 1. The first-order valence-corrected chi connectivity index (χ1v) is 7.91. The third-order valence-corrected chi connectivity index (χ3v) is 4.29. The predicted octanol–water partition coefficient (Wildman–Crippen LogP) is 4.32. The van der Waals surface area contributed by atoms with Gasteiger partial charge in [0.15, 0.2) is 0 Å². The SMILES string of the molecule is CC1CCc2ccccc2N1CCCCCCS. The topological polar surface area (TPSA) is 3.24 Å². The summed E-state index contributed by atoms with van der Waals surface area (Å²) in [5.41, 5.74) is 3.01. The number of para-hydroxylation sites is 1. The summed E-state index contributed by atoms with van der Waals surface area (Å²) in [6.07, 6.45) is 7.78. The molecule has 1 heterocycles. The van der Waals surface area contributed by atoms with Crippen LogP contribution in [-0.2, 0) is 6.42 Å². The minimum absolute atomic E-state index is 0.699. The summed E-state index contributed by atoms with van der Waals surface area (Å²) in [4.78, 5) is 2.61. The van der Waals surface area contributed by atoms with Crippen LogP contribution in [0.2, 0.25) is 0 Å². The van der Waals surface area contributed by atoms with Gasteiger partial charge in [-0.2, -0.15) is 12.6 Å². The highest BCUT2D eigenvalue weighted by Gasteiger charge is 2.21. The Bertz CT molecular complexity index is 364. The molecule has 18 heavy (non-hydrogen) atoms. The minimum atomic E-state index is 0.699. The fourth-order valence-electron chi connectivity index (χ4n) is 2.85. The van der Waals surface area contributed by atoms with E-state index in [4.69, 9.17) is 0 Å². The van der Waals surface area contributed by atoms with Gasteiger partial charge >= 0.3 is 0 Å². The molecule has 2 heteroatoms. The summed E-state index contributed by atoms with van der Waals surface area (Å²) in [6, 6.07) is 9.61. The number of aryl methyl sites for hydroxylation is 1. The molecule has 100 valence electrons. The number of unbranched alkanes of at least 4 members (excludes halogenated alkanes) is 3. The Kier molecular flexibility index (Phi) is 5.43. The van der Waals surface area contributed by atoms with Gasteiger partial charge in [0.05, 0.1) is 0 Å². The molecule has 1 atom stereocenters. The quantitative estimate of drug-likeness (QED) is 0.591. The molecule has 0 saturated heterocycles. The average molecular weight is 263 g/mol. The molecule has 1 nitrogen and oxygen atoms in total. The molecule has 0 bridgehead atoms. The van der Waals surface area contributed by atoms with Crippen LogP contribution in [0.25, 0.3) is 0 Å². The molecule has 0 radical (unpaired) electrons. The van der Waals surface area contributed by atoms with Gasteiger partial charge in [-0.05, 0) is 50.0 Å². The van der Waals surface area contributed by atoms with E-state index >= 15 is 0 Å². The van der Waals surface area contributed by atoms with Crippen molar-refractivity contribution in [2.75, 3.05) is 17.2 Å². The minimum Gasteiger partial charge on any atom is -0.369 e. The van der Waals surface area contributed by atoms with Crippen LogP contribution in [-0.4, -0.2) is 18.3 Å². The monoisotopic (exact) mass is 263 g/mol. The fraction of sp³-hybridized carbons (Fsp3) is 0.625. The van der Waals surface area contributed by atoms with Crippen molar-refractivity contribution in [2.24, 2.45) is 0 Å². The number of fused-ring (bicyclic) bond motifs is 1. The number of hydrogen-bond acceptors (Lipinski definition) is 2. The van der Waals surface area contributed by atoms with Crippen LogP contribution >= 0.6 is 12.6 Å². The third-order valence-electron chi connectivity index (χ3n) is 3.97. The molecule has 1 unspecified atom stereocenters. The Balaban J connectivity index is 1.90. The predicted molar refractivity (Wildman–Crippen MR) is 83.9 cm³/mol. The highest BCUT2D eigenvalue weighted by atomic mass is 32.1. The maximum atomic E-state index is 4.27. The van der Waals surface area contributed by atoms with Crippen molar-refractivity contribution in [3.63, 3.8) is 0 Å². The number of benzene rings is 1. The molecule has 2 rings (SSSR count). The van der Waals surface area contributed by atoms with Crippen molar-refractivity contribution in [1.82, 2.24) is 0 Å². The van der Waals surface area contributed by atoms with E-state index in [9.17, 15) is 0 Å². The van der Waals surface area contributed by atoms with Gasteiger partial charge in [-0.15, -0.1) is 0 Å². The van der Waals surface area contributed by atoms with E-state index in [1.165, 1.54) is 56.3 Å². The lowest BCUT2D eigenvalue weighted by atomic mass is 9.96. The van der Waals surface area contributed by atoms with Gasteiger partial charge in [0, 0.05) is 18.3 Å². The van der Waals surface area contributed by atoms with E-state index in [0.29, 0.717) is 6.04 Å². The largest absolute Gasteiger partial charge is 0.369 e. The molecular weight excluding hydrogens is 238 g/mol. The van der Waals surface area contributed by atoms with E-state index in [1.54, 1.807) is 0 Å². The summed E-state index contributed by atoms with van der Waals surface area (Å²) in [5.74, 6) is 1.03. The van der Waals surface area contributed by atoms with Gasteiger partial charge in [-0.3, -0.25) is 0 Å².